The van der Waals surface area contributed by atoms with Crippen LogP contribution in [0.4, 0.5) is 0 Å². The summed E-state index contributed by atoms with van der Waals surface area (Å²) in [6.07, 6.45) is 0.939. The lowest BCUT2D eigenvalue weighted by Gasteiger charge is -2.12. The first-order valence-electron chi connectivity index (χ1n) is 6.11. The Hall–Kier alpha value is -1.07. The van der Waals surface area contributed by atoms with Gasteiger partial charge in [0, 0.05) is 0 Å². The summed E-state index contributed by atoms with van der Waals surface area (Å²) in [4.78, 5) is 0.426. The molecule has 1 saturated heterocycles. The van der Waals surface area contributed by atoms with Gasteiger partial charge < -0.3 is 10.1 Å². The minimum atomic E-state index is -3.19. The fourth-order valence-corrected chi connectivity index (χ4v) is 4.26. The first-order chi connectivity index (χ1) is 8.53. The van der Waals surface area contributed by atoms with Gasteiger partial charge in [0.05, 0.1) is 17.8 Å². The van der Waals surface area contributed by atoms with Crippen LogP contribution in [0.15, 0.2) is 23.1 Å². The van der Waals surface area contributed by atoms with Crippen molar-refractivity contribution >= 4 is 9.84 Å². The topological polar surface area (TPSA) is 55.4 Å². The number of sulfone groups is 1. The minimum absolute atomic E-state index is 0.229. The molecule has 1 aliphatic heterocycles. The molecule has 4 nitrogen and oxygen atoms in total. The van der Waals surface area contributed by atoms with Gasteiger partial charge in [0.25, 0.3) is 0 Å². The van der Waals surface area contributed by atoms with E-state index in [1.807, 2.05) is 6.92 Å². The van der Waals surface area contributed by atoms with Crippen LogP contribution in [0.3, 0.4) is 0 Å². The predicted octanol–water partition coefficient (Wildman–Crippen LogP) is 1.39. The molecule has 0 spiro atoms. The van der Waals surface area contributed by atoms with Crippen LogP contribution in [-0.2, 0) is 9.84 Å². The lowest BCUT2D eigenvalue weighted by Crippen LogP contribution is -2.19. The molecule has 0 amide bonds. The highest BCUT2D eigenvalue weighted by Gasteiger charge is 2.25. The van der Waals surface area contributed by atoms with E-state index in [9.17, 15) is 8.42 Å². The van der Waals surface area contributed by atoms with E-state index in [1.54, 1.807) is 25.3 Å². The highest BCUT2D eigenvalue weighted by molar-refractivity contribution is 7.91. The quantitative estimate of drug-likeness (QED) is 0.897. The fourth-order valence-electron chi connectivity index (χ4n) is 2.35. The number of ether oxygens (including phenoxy) is 1. The molecule has 0 aliphatic carbocycles. The Morgan fingerprint density at radius 3 is 2.78 bits per heavy atom. The van der Waals surface area contributed by atoms with Gasteiger partial charge in [-0.1, -0.05) is 0 Å². The second-order valence-corrected chi connectivity index (χ2v) is 6.77. The van der Waals surface area contributed by atoms with E-state index < -0.39 is 9.84 Å². The third-order valence-corrected chi connectivity index (χ3v) is 5.37. The van der Waals surface area contributed by atoms with Crippen molar-refractivity contribution in [2.45, 2.75) is 18.2 Å². The van der Waals surface area contributed by atoms with Crippen molar-refractivity contribution in [3.63, 3.8) is 0 Å². The lowest BCUT2D eigenvalue weighted by atomic mass is 10.2. The van der Waals surface area contributed by atoms with Gasteiger partial charge in [-0.3, -0.25) is 0 Å². The molecule has 1 heterocycles. The van der Waals surface area contributed by atoms with E-state index in [1.165, 1.54) is 0 Å². The summed E-state index contributed by atoms with van der Waals surface area (Å²) >= 11 is 0. The van der Waals surface area contributed by atoms with Gasteiger partial charge in [0.1, 0.15) is 5.75 Å². The molecule has 0 saturated carbocycles. The standard InChI is InChI=1S/C13H19NO3S/c1-10-7-12(17-2)3-4-13(10)18(15,16)9-11-5-6-14-8-11/h3-4,7,11,14H,5-6,8-9H2,1-2H3. The molecule has 1 atom stereocenters. The Morgan fingerprint density at radius 2 is 2.22 bits per heavy atom. The highest BCUT2D eigenvalue weighted by atomic mass is 32.2. The molecule has 1 aliphatic rings. The fraction of sp³-hybridized carbons (Fsp3) is 0.538. The maximum absolute atomic E-state index is 12.3. The van der Waals surface area contributed by atoms with Crippen molar-refractivity contribution in [1.29, 1.82) is 0 Å². The number of benzene rings is 1. The van der Waals surface area contributed by atoms with Gasteiger partial charge in [-0.25, -0.2) is 8.42 Å². The van der Waals surface area contributed by atoms with Gasteiger partial charge in [-0.15, -0.1) is 0 Å². The molecule has 1 N–H and O–H groups in total. The van der Waals surface area contributed by atoms with E-state index in [4.69, 9.17) is 4.74 Å². The molecule has 1 unspecified atom stereocenters. The van der Waals surface area contributed by atoms with Crippen molar-refractivity contribution in [2.75, 3.05) is 26.0 Å². The zero-order chi connectivity index (χ0) is 13.2. The van der Waals surface area contributed by atoms with Crippen LogP contribution in [0.5, 0.6) is 5.75 Å². The van der Waals surface area contributed by atoms with Gasteiger partial charge in [0.15, 0.2) is 9.84 Å². The zero-order valence-corrected chi connectivity index (χ0v) is 11.6. The second-order valence-electron chi connectivity index (χ2n) is 4.77. The van der Waals surface area contributed by atoms with Gasteiger partial charge >= 0.3 is 0 Å². The monoisotopic (exact) mass is 269 g/mol. The Bertz CT molecular complexity index is 519. The molecular formula is C13H19NO3S. The summed E-state index contributed by atoms with van der Waals surface area (Å²) in [6.45, 7) is 3.53. The molecule has 1 aromatic rings. The van der Waals surface area contributed by atoms with Crippen LogP contribution in [0.2, 0.25) is 0 Å². The minimum Gasteiger partial charge on any atom is -0.497 e. The smallest absolute Gasteiger partial charge is 0.178 e. The third-order valence-electron chi connectivity index (χ3n) is 3.33. The van der Waals surface area contributed by atoms with Crippen LogP contribution in [0.25, 0.3) is 0 Å². The summed E-state index contributed by atoms with van der Waals surface area (Å²) in [6, 6.07) is 5.11. The van der Waals surface area contributed by atoms with E-state index >= 15 is 0 Å². The molecule has 5 heteroatoms. The first-order valence-corrected chi connectivity index (χ1v) is 7.76. The average Bonchev–Trinajstić information content (AvgIpc) is 2.80. The largest absolute Gasteiger partial charge is 0.497 e. The molecule has 0 aromatic heterocycles. The average molecular weight is 269 g/mol. The molecule has 18 heavy (non-hydrogen) atoms. The number of nitrogens with one attached hydrogen (secondary N) is 1. The zero-order valence-electron chi connectivity index (χ0n) is 10.8. The predicted molar refractivity (Wildman–Crippen MR) is 70.8 cm³/mol. The van der Waals surface area contributed by atoms with Gasteiger partial charge in [0.2, 0.25) is 0 Å². The summed E-state index contributed by atoms with van der Waals surface area (Å²) in [5.41, 5.74) is 0.750. The van der Waals surface area contributed by atoms with Crippen LogP contribution < -0.4 is 10.1 Å². The number of methoxy groups -OCH3 is 1. The van der Waals surface area contributed by atoms with Crippen molar-refractivity contribution in [3.8, 4) is 5.75 Å². The number of aryl methyl sites for hydroxylation is 1. The van der Waals surface area contributed by atoms with Crippen molar-refractivity contribution in [1.82, 2.24) is 5.32 Å². The highest BCUT2D eigenvalue weighted by Crippen LogP contribution is 2.24. The molecule has 0 bridgehead atoms. The molecule has 2 rings (SSSR count). The van der Waals surface area contributed by atoms with Crippen LogP contribution in [0.1, 0.15) is 12.0 Å². The SMILES string of the molecule is COc1ccc(S(=O)(=O)CC2CCNC2)c(C)c1. The molecule has 0 radical (unpaired) electrons. The summed E-state index contributed by atoms with van der Waals surface area (Å²) in [5.74, 6) is 1.15. The number of hydrogen-bond acceptors (Lipinski definition) is 4. The van der Waals surface area contributed by atoms with Crippen molar-refractivity contribution < 1.29 is 13.2 Å². The Kier molecular flexibility index (Phi) is 3.92. The molecule has 100 valence electrons. The second kappa shape index (κ2) is 5.28. The summed E-state index contributed by atoms with van der Waals surface area (Å²) < 4.78 is 29.8. The van der Waals surface area contributed by atoms with E-state index in [-0.39, 0.29) is 11.7 Å². The molecular weight excluding hydrogens is 250 g/mol. The first kappa shape index (κ1) is 13.4. The van der Waals surface area contributed by atoms with Crippen LogP contribution >= 0.6 is 0 Å². The van der Waals surface area contributed by atoms with Crippen LogP contribution in [0, 0.1) is 12.8 Å². The number of hydrogen-bond donors (Lipinski definition) is 1. The van der Waals surface area contributed by atoms with Gasteiger partial charge in [-0.2, -0.15) is 0 Å². The lowest BCUT2D eigenvalue weighted by molar-refractivity contribution is 0.414. The summed E-state index contributed by atoms with van der Waals surface area (Å²) in [5, 5.41) is 3.19. The maximum atomic E-state index is 12.3. The van der Waals surface area contributed by atoms with Crippen molar-refractivity contribution in [3.05, 3.63) is 23.8 Å². The molecule has 1 fully saturated rings. The van der Waals surface area contributed by atoms with E-state index in [2.05, 4.69) is 5.32 Å². The Morgan fingerprint density at radius 1 is 1.44 bits per heavy atom. The van der Waals surface area contributed by atoms with Gasteiger partial charge in [-0.05, 0) is 56.1 Å². The normalized spacial score (nSPS) is 20.0. The third kappa shape index (κ3) is 2.84. The van der Waals surface area contributed by atoms with E-state index in [0.717, 1.165) is 25.1 Å². The maximum Gasteiger partial charge on any atom is 0.178 e. The Balaban J connectivity index is 2.23. The molecule has 1 aromatic carbocycles. The van der Waals surface area contributed by atoms with Crippen LogP contribution in [-0.4, -0.2) is 34.4 Å². The summed E-state index contributed by atoms with van der Waals surface area (Å²) in [7, 11) is -1.62. The van der Waals surface area contributed by atoms with E-state index in [0.29, 0.717) is 10.6 Å². The number of rotatable bonds is 4. The Labute approximate surface area is 108 Å². The van der Waals surface area contributed by atoms with Crippen molar-refractivity contribution in [2.24, 2.45) is 5.92 Å².